The molecule has 0 saturated carbocycles. The van der Waals surface area contributed by atoms with Gasteiger partial charge in [-0.3, -0.25) is 4.98 Å². The number of aliphatic hydroxyl groups is 1. The van der Waals surface area contributed by atoms with E-state index in [0.29, 0.717) is 6.54 Å². The molecule has 0 spiro atoms. The SMILES string of the molecule is CC(C)(C)C[C@@H](CO)NCc1ccccn1. The topological polar surface area (TPSA) is 45.1 Å². The van der Waals surface area contributed by atoms with Crippen LogP contribution in [0.25, 0.3) is 0 Å². The average Bonchev–Trinajstić information content (AvgIpc) is 2.24. The third kappa shape index (κ3) is 5.24. The van der Waals surface area contributed by atoms with Gasteiger partial charge in [-0.2, -0.15) is 0 Å². The fourth-order valence-electron chi connectivity index (χ4n) is 1.69. The number of aromatic nitrogens is 1. The minimum atomic E-state index is 0.141. The van der Waals surface area contributed by atoms with Crippen LogP contribution in [0.4, 0.5) is 0 Å². The second-order valence-corrected chi connectivity index (χ2v) is 5.35. The van der Waals surface area contributed by atoms with E-state index in [1.54, 1.807) is 6.20 Å². The Morgan fingerprint density at radius 1 is 1.38 bits per heavy atom. The largest absolute Gasteiger partial charge is 0.395 e. The number of nitrogens with zero attached hydrogens (tertiary/aromatic N) is 1. The molecule has 1 aromatic heterocycles. The third-order valence-electron chi connectivity index (χ3n) is 2.38. The number of nitrogens with one attached hydrogen (secondary N) is 1. The second-order valence-electron chi connectivity index (χ2n) is 5.35. The molecule has 0 unspecified atom stereocenters. The number of hydrogen-bond acceptors (Lipinski definition) is 3. The van der Waals surface area contributed by atoms with Gasteiger partial charge in [-0.15, -0.1) is 0 Å². The van der Waals surface area contributed by atoms with E-state index in [1.807, 2.05) is 18.2 Å². The van der Waals surface area contributed by atoms with E-state index in [2.05, 4.69) is 31.1 Å². The molecule has 1 heterocycles. The summed E-state index contributed by atoms with van der Waals surface area (Å²) in [6.07, 6.45) is 2.74. The van der Waals surface area contributed by atoms with Gasteiger partial charge in [0, 0.05) is 18.8 Å². The zero-order valence-electron chi connectivity index (χ0n) is 10.4. The highest BCUT2D eigenvalue weighted by Gasteiger charge is 2.17. The lowest BCUT2D eigenvalue weighted by atomic mass is 9.88. The molecule has 0 amide bonds. The van der Waals surface area contributed by atoms with Crippen molar-refractivity contribution >= 4 is 0 Å². The van der Waals surface area contributed by atoms with Crippen molar-refractivity contribution in [3.05, 3.63) is 30.1 Å². The zero-order valence-corrected chi connectivity index (χ0v) is 10.4. The molecule has 3 heteroatoms. The van der Waals surface area contributed by atoms with Gasteiger partial charge in [-0.1, -0.05) is 26.8 Å². The summed E-state index contributed by atoms with van der Waals surface area (Å²) in [5.41, 5.74) is 1.24. The molecule has 0 aliphatic heterocycles. The number of pyridine rings is 1. The summed E-state index contributed by atoms with van der Waals surface area (Å²) < 4.78 is 0. The molecular formula is C13H22N2O. The first-order valence-electron chi connectivity index (χ1n) is 5.75. The Balaban J connectivity index is 2.40. The fraction of sp³-hybridized carbons (Fsp3) is 0.615. The molecule has 2 N–H and O–H groups in total. The first-order chi connectivity index (χ1) is 7.51. The summed E-state index contributed by atoms with van der Waals surface area (Å²) in [6.45, 7) is 7.42. The van der Waals surface area contributed by atoms with E-state index in [1.165, 1.54) is 0 Å². The van der Waals surface area contributed by atoms with Gasteiger partial charge >= 0.3 is 0 Å². The van der Waals surface area contributed by atoms with Crippen LogP contribution in [-0.2, 0) is 6.54 Å². The molecule has 0 radical (unpaired) electrons. The number of rotatable bonds is 5. The highest BCUT2D eigenvalue weighted by Crippen LogP contribution is 2.20. The van der Waals surface area contributed by atoms with Crippen molar-refractivity contribution in [3.8, 4) is 0 Å². The Morgan fingerprint density at radius 3 is 2.62 bits per heavy atom. The van der Waals surface area contributed by atoms with Crippen LogP contribution < -0.4 is 5.32 Å². The van der Waals surface area contributed by atoms with Gasteiger partial charge in [0.25, 0.3) is 0 Å². The van der Waals surface area contributed by atoms with E-state index < -0.39 is 0 Å². The third-order valence-corrected chi connectivity index (χ3v) is 2.38. The van der Waals surface area contributed by atoms with Gasteiger partial charge < -0.3 is 10.4 Å². The first-order valence-corrected chi connectivity index (χ1v) is 5.75. The monoisotopic (exact) mass is 222 g/mol. The minimum Gasteiger partial charge on any atom is -0.395 e. The van der Waals surface area contributed by atoms with E-state index >= 15 is 0 Å². The van der Waals surface area contributed by atoms with E-state index in [9.17, 15) is 5.11 Å². The van der Waals surface area contributed by atoms with Crippen molar-refractivity contribution in [1.29, 1.82) is 0 Å². The predicted octanol–water partition coefficient (Wildman–Crippen LogP) is 1.97. The maximum atomic E-state index is 9.28. The van der Waals surface area contributed by atoms with Crippen molar-refractivity contribution in [2.45, 2.75) is 39.8 Å². The molecule has 90 valence electrons. The van der Waals surface area contributed by atoms with Crippen molar-refractivity contribution in [2.75, 3.05) is 6.61 Å². The number of hydrogen-bond donors (Lipinski definition) is 2. The van der Waals surface area contributed by atoms with Gasteiger partial charge in [0.2, 0.25) is 0 Å². The molecule has 0 aliphatic carbocycles. The Labute approximate surface area is 97.9 Å². The molecule has 0 bridgehead atoms. The summed E-state index contributed by atoms with van der Waals surface area (Å²) in [5.74, 6) is 0. The summed E-state index contributed by atoms with van der Waals surface area (Å²) in [7, 11) is 0. The van der Waals surface area contributed by atoms with Crippen LogP contribution in [0.5, 0.6) is 0 Å². The molecule has 1 aromatic rings. The molecule has 0 aromatic carbocycles. The molecule has 0 fully saturated rings. The second kappa shape index (κ2) is 5.97. The molecule has 0 saturated heterocycles. The van der Waals surface area contributed by atoms with E-state index in [-0.39, 0.29) is 18.1 Å². The maximum absolute atomic E-state index is 9.28. The van der Waals surface area contributed by atoms with Crippen LogP contribution in [0, 0.1) is 5.41 Å². The van der Waals surface area contributed by atoms with Crippen LogP contribution in [0.1, 0.15) is 32.9 Å². The lowest BCUT2D eigenvalue weighted by molar-refractivity contribution is 0.197. The number of aliphatic hydroxyl groups excluding tert-OH is 1. The van der Waals surface area contributed by atoms with Crippen molar-refractivity contribution in [3.63, 3.8) is 0 Å². The van der Waals surface area contributed by atoms with Crippen molar-refractivity contribution in [1.82, 2.24) is 10.3 Å². The summed E-state index contributed by atoms with van der Waals surface area (Å²) in [5, 5.41) is 12.6. The summed E-state index contributed by atoms with van der Waals surface area (Å²) >= 11 is 0. The lowest BCUT2D eigenvalue weighted by Gasteiger charge is -2.25. The van der Waals surface area contributed by atoms with Crippen LogP contribution in [0.3, 0.4) is 0 Å². The molecule has 1 atom stereocenters. The summed E-state index contributed by atoms with van der Waals surface area (Å²) in [6, 6.07) is 6.00. The fourth-order valence-corrected chi connectivity index (χ4v) is 1.69. The Morgan fingerprint density at radius 2 is 2.12 bits per heavy atom. The Kier molecular flexibility index (Phi) is 4.90. The van der Waals surface area contributed by atoms with E-state index in [0.717, 1.165) is 12.1 Å². The van der Waals surface area contributed by atoms with Crippen LogP contribution in [-0.4, -0.2) is 22.7 Å². The van der Waals surface area contributed by atoms with Gasteiger partial charge in [0.05, 0.1) is 12.3 Å². The van der Waals surface area contributed by atoms with Crippen LogP contribution in [0.15, 0.2) is 24.4 Å². The highest BCUT2D eigenvalue weighted by atomic mass is 16.3. The quantitative estimate of drug-likeness (QED) is 0.800. The Bertz CT molecular complexity index is 293. The van der Waals surface area contributed by atoms with Crippen molar-refractivity contribution < 1.29 is 5.11 Å². The van der Waals surface area contributed by atoms with Gasteiger partial charge in [-0.25, -0.2) is 0 Å². The normalized spacial score (nSPS) is 13.8. The first kappa shape index (κ1) is 13.1. The smallest absolute Gasteiger partial charge is 0.0584 e. The molecule has 3 nitrogen and oxygen atoms in total. The van der Waals surface area contributed by atoms with Gasteiger partial charge in [0.1, 0.15) is 0 Å². The molecular weight excluding hydrogens is 200 g/mol. The molecule has 16 heavy (non-hydrogen) atoms. The zero-order chi connectivity index (χ0) is 12.0. The highest BCUT2D eigenvalue weighted by molar-refractivity contribution is 5.03. The van der Waals surface area contributed by atoms with Crippen LogP contribution >= 0.6 is 0 Å². The standard InChI is InChI=1S/C13H22N2O/c1-13(2,3)8-12(10-16)15-9-11-6-4-5-7-14-11/h4-7,12,15-16H,8-10H2,1-3H3/t12-/m0/s1. The lowest BCUT2D eigenvalue weighted by Crippen LogP contribution is -2.35. The molecule has 0 aliphatic rings. The molecule has 1 rings (SSSR count). The maximum Gasteiger partial charge on any atom is 0.0584 e. The van der Waals surface area contributed by atoms with Gasteiger partial charge in [0.15, 0.2) is 0 Å². The van der Waals surface area contributed by atoms with Crippen LogP contribution in [0.2, 0.25) is 0 Å². The average molecular weight is 222 g/mol. The van der Waals surface area contributed by atoms with Gasteiger partial charge in [-0.05, 0) is 24.0 Å². The minimum absolute atomic E-state index is 0.141. The van der Waals surface area contributed by atoms with E-state index in [4.69, 9.17) is 0 Å². The predicted molar refractivity (Wildman–Crippen MR) is 66.0 cm³/mol. The Hall–Kier alpha value is -0.930. The summed E-state index contributed by atoms with van der Waals surface area (Å²) in [4.78, 5) is 4.24. The van der Waals surface area contributed by atoms with Crippen molar-refractivity contribution in [2.24, 2.45) is 5.41 Å².